The van der Waals surface area contributed by atoms with Crippen LogP contribution in [0.25, 0.3) is 22.2 Å². The molecule has 2 bridgehead atoms. The minimum absolute atomic E-state index is 0.130. The van der Waals surface area contributed by atoms with Crippen LogP contribution < -0.4 is 4.90 Å². The van der Waals surface area contributed by atoms with Crippen LogP contribution in [0.4, 0.5) is 11.4 Å². The number of allylic oxidation sites excluding steroid dienone is 2. The Morgan fingerprint density at radius 1 is 1.00 bits per heavy atom. The zero-order valence-corrected chi connectivity index (χ0v) is 27.6. The first-order valence-corrected chi connectivity index (χ1v) is 16.6. The van der Waals surface area contributed by atoms with Crippen LogP contribution >= 0.6 is 27.5 Å². The van der Waals surface area contributed by atoms with Gasteiger partial charge in [-0.25, -0.2) is 9.78 Å². The van der Waals surface area contributed by atoms with Crippen molar-refractivity contribution >= 4 is 73.4 Å². The van der Waals surface area contributed by atoms with Gasteiger partial charge in [-0.15, -0.1) is 0 Å². The number of Topliss-reactive ketones (excluding diaryl/α,β-unsaturated/α-hetero) is 1. The van der Waals surface area contributed by atoms with Crippen molar-refractivity contribution in [2.75, 3.05) is 11.5 Å². The van der Waals surface area contributed by atoms with Gasteiger partial charge in [0, 0.05) is 33.1 Å². The number of carbonyl (C=O) groups is 4. The van der Waals surface area contributed by atoms with Crippen LogP contribution in [0.2, 0.25) is 5.02 Å². The number of pyridine rings is 1. The first kappa shape index (κ1) is 30.6. The van der Waals surface area contributed by atoms with Crippen molar-refractivity contribution in [2.24, 2.45) is 35.5 Å². The third-order valence-electron chi connectivity index (χ3n) is 10.3. The predicted octanol–water partition coefficient (Wildman–Crippen LogP) is 7.13. The first-order valence-electron chi connectivity index (χ1n) is 15.4. The van der Waals surface area contributed by atoms with Crippen LogP contribution in [0.5, 0.6) is 0 Å². The van der Waals surface area contributed by atoms with Gasteiger partial charge in [0.25, 0.3) is 5.69 Å². The van der Waals surface area contributed by atoms with Gasteiger partial charge in [-0.1, -0.05) is 35.9 Å². The van der Waals surface area contributed by atoms with E-state index in [2.05, 4.69) is 28.1 Å². The second kappa shape index (κ2) is 11.2. The molecule has 4 aliphatic carbocycles. The van der Waals surface area contributed by atoms with Crippen molar-refractivity contribution in [3.05, 3.63) is 109 Å². The molecular formula is C36H25BrClN3O7. The molecule has 3 aromatic carbocycles. The lowest BCUT2D eigenvalue weighted by atomic mass is 9.63. The number of nitro groups is 1. The number of non-ortho nitro benzene ring substituents is 1. The third kappa shape index (κ3) is 4.70. The number of fused-ring (bicyclic) bond motifs is 1. The van der Waals surface area contributed by atoms with E-state index >= 15 is 0 Å². The number of ether oxygens (including phenoxy) is 1. The Bertz CT molecular complexity index is 2110. The van der Waals surface area contributed by atoms with Crippen molar-refractivity contribution < 1.29 is 28.8 Å². The fraction of sp³-hybridized carbons (Fsp3) is 0.250. The van der Waals surface area contributed by atoms with E-state index in [-0.39, 0.29) is 52.3 Å². The number of imide groups is 1. The van der Waals surface area contributed by atoms with Crippen LogP contribution in [-0.4, -0.2) is 40.1 Å². The predicted molar refractivity (Wildman–Crippen MR) is 180 cm³/mol. The number of halogens is 2. The van der Waals surface area contributed by atoms with Crippen molar-refractivity contribution in [3.8, 4) is 11.3 Å². The largest absolute Gasteiger partial charge is 0.454 e. The molecule has 0 radical (unpaired) electrons. The molecule has 6 unspecified atom stereocenters. The average molecular weight is 727 g/mol. The minimum atomic E-state index is -0.777. The molecule has 10 nitrogen and oxygen atoms in total. The van der Waals surface area contributed by atoms with Crippen LogP contribution in [-0.2, 0) is 14.3 Å². The van der Waals surface area contributed by atoms with Crippen LogP contribution in [0.3, 0.4) is 0 Å². The minimum Gasteiger partial charge on any atom is -0.454 e. The number of carbonyl (C=O) groups excluding carboxylic acids is 4. The van der Waals surface area contributed by atoms with E-state index < -0.39 is 23.3 Å². The Balaban J connectivity index is 1.09. The third-order valence-corrected chi connectivity index (χ3v) is 11.6. The van der Waals surface area contributed by atoms with E-state index in [1.54, 1.807) is 43.3 Å². The standard InChI is InChI=1S/C36H25BrClN3O7/c1-16-32(38)27(37)13-25-26(36(45)48-15-29(42)18-4-8-20(9-5-18)41(46)47)14-28(39-33(16)25)17-2-6-19(7-3-17)40-34(43)30-21-10-11-22(24-12-23(21)24)31(30)35(40)44/h2-11,13-14,21-24,30-31H,12,15H2,1H3. The Kier molecular flexibility index (Phi) is 7.12. The zero-order valence-electron chi connectivity index (χ0n) is 25.3. The molecule has 1 saturated heterocycles. The highest BCUT2D eigenvalue weighted by atomic mass is 79.9. The fourth-order valence-electron chi connectivity index (χ4n) is 7.83. The molecule has 1 aliphatic heterocycles. The van der Waals surface area contributed by atoms with E-state index in [9.17, 15) is 29.3 Å². The normalized spacial score (nSPS) is 24.9. The van der Waals surface area contributed by atoms with E-state index in [0.717, 1.165) is 6.42 Å². The number of hydrogen-bond donors (Lipinski definition) is 0. The number of nitro benzene ring substituents is 1. The number of ketones is 1. The highest BCUT2D eigenvalue weighted by Gasteiger charge is 2.67. The number of rotatable bonds is 7. The Labute approximate surface area is 287 Å². The molecule has 48 heavy (non-hydrogen) atoms. The van der Waals surface area contributed by atoms with Crippen molar-refractivity contribution in [3.63, 3.8) is 0 Å². The SMILES string of the molecule is Cc1c(Cl)c(Br)cc2c(C(=O)OCC(=O)c3ccc([N+](=O)[O-])cc3)cc(-c3ccc(N4C(=O)C5C6C=CC(C7CC67)C5C4=O)cc3)nc12. The van der Waals surface area contributed by atoms with Gasteiger partial charge in [-0.05, 0) is 94.9 Å². The summed E-state index contributed by atoms with van der Waals surface area (Å²) in [6.45, 7) is 1.19. The summed E-state index contributed by atoms with van der Waals surface area (Å²) < 4.78 is 5.98. The summed E-state index contributed by atoms with van der Waals surface area (Å²) in [6.07, 6.45) is 5.38. The number of aromatic nitrogens is 1. The number of amides is 2. The van der Waals surface area contributed by atoms with Gasteiger partial charge in [0.15, 0.2) is 12.4 Å². The zero-order chi connectivity index (χ0) is 33.6. The molecule has 6 atom stereocenters. The lowest BCUT2D eigenvalue weighted by molar-refractivity contribution is -0.384. The second-order valence-corrected chi connectivity index (χ2v) is 14.0. The maximum atomic E-state index is 13.6. The molecule has 3 fully saturated rings. The number of aryl methyl sites for hydroxylation is 1. The van der Waals surface area contributed by atoms with E-state index in [1.165, 1.54) is 29.2 Å². The number of hydrogen-bond acceptors (Lipinski definition) is 8. The molecule has 2 amide bonds. The Morgan fingerprint density at radius 2 is 1.62 bits per heavy atom. The van der Waals surface area contributed by atoms with Gasteiger partial charge in [-0.2, -0.15) is 0 Å². The van der Waals surface area contributed by atoms with Crippen LogP contribution in [0, 0.1) is 52.5 Å². The van der Waals surface area contributed by atoms with Gasteiger partial charge in [0.2, 0.25) is 11.8 Å². The number of nitrogens with zero attached hydrogens (tertiary/aromatic N) is 3. The van der Waals surface area contributed by atoms with Gasteiger partial charge in [0.1, 0.15) is 0 Å². The fourth-order valence-corrected chi connectivity index (χ4v) is 8.50. The summed E-state index contributed by atoms with van der Waals surface area (Å²) in [5.41, 5.74) is 2.74. The monoisotopic (exact) mass is 725 g/mol. The molecule has 12 heteroatoms. The Hall–Kier alpha value is -4.74. The molecule has 240 valence electrons. The van der Waals surface area contributed by atoms with Gasteiger partial charge in [0.05, 0.1) is 44.2 Å². The average Bonchev–Trinajstić information content (AvgIpc) is 3.88. The molecule has 0 N–H and O–H groups in total. The first-order chi connectivity index (χ1) is 23.0. The summed E-state index contributed by atoms with van der Waals surface area (Å²) in [4.78, 5) is 70.0. The molecule has 0 spiro atoms. The van der Waals surface area contributed by atoms with E-state index in [4.69, 9.17) is 21.3 Å². The lowest BCUT2D eigenvalue weighted by Gasteiger charge is -2.37. The summed E-state index contributed by atoms with van der Waals surface area (Å²) in [5.74, 6) is -0.907. The van der Waals surface area contributed by atoms with Crippen LogP contribution in [0.15, 0.2) is 77.3 Å². The van der Waals surface area contributed by atoms with Gasteiger partial charge in [-0.3, -0.25) is 29.4 Å². The lowest BCUT2D eigenvalue weighted by Crippen LogP contribution is -2.40. The molecule has 2 heterocycles. The molecular weight excluding hydrogens is 702 g/mol. The van der Waals surface area contributed by atoms with Gasteiger partial charge >= 0.3 is 5.97 Å². The molecule has 2 saturated carbocycles. The quantitative estimate of drug-likeness (QED) is 0.0490. The van der Waals surface area contributed by atoms with Crippen molar-refractivity contribution in [2.45, 2.75) is 13.3 Å². The number of esters is 1. The maximum absolute atomic E-state index is 13.6. The maximum Gasteiger partial charge on any atom is 0.339 e. The van der Waals surface area contributed by atoms with Crippen LogP contribution in [0.1, 0.15) is 32.7 Å². The summed E-state index contributed by atoms with van der Waals surface area (Å²) >= 11 is 9.97. The van der Waals surface area contributed by atoms with Crippen molar-refractivity contribution in [1.82, 2.24) is 4.98 Å². The molecule has 4 aromatic rings. The van der Waals surface area contributed by atoms with E-state index in [1.807, 2.05) is 0 Å². The van der Waals surface area contributed by atoms with E-state index in [0.29, 0.717) is 54.7 Å². The summed E-state index contributed by atoms with van der Waals surface area (Å²) in [7, 11) is 0. The summed E-state index contributed by atoms with van der Waals surface area (Å²) in [5, 5.41) is 11.8. The smallest absolute Gasteiger partial charge is 0.339 e. The highest BCUT2D eigenvalue weighted by Crippen LogP contribution is 2.65. The highest BCUT2D eigenvalue weighted by molar-refractivity contribution is 9.10. The molecule has 5 aliphatic rings. The van der Waals surface area contributed by atoms with Crippen molar-refractivity contribution in [1.29, 1.82) is 0 Å². The molecule has 9 rings (SSSR count). The topological polar surface area (TPSA) is 137 Å². The molecule has 1 aromatic heterocycles. The number of anilines is 1. The van der Waals surface area contributed by atoms with Gasteiger partial charge < -0.3 is 4.74 Å². The second-order valence-electron chi connectivity index (χ2n) is 12.8. The number of benzene rings is 3. The summed E-state index contributed by atoms with van der Waals surface area (Å²) in [6, 6.07) is 15.2. The Morgan fingerprint density at radius 3 is 2.23 bits per heavy atom.